The number of amides is 6. The number of carboxylic acid groups (broad SMARTS) is 1. The Labute approximate surface area is 514 Å². The number of likely N-dealkylation sites (N-methyl/N-ethyl adjacent to an activating group) is 2. The minimum Gasteiger partial charge on any atom is -0.477 e. The van der Waals surface area contributed by atoms with E-state index in [1.165, 1.54) is 37.5 Å². The van der Waals surface area contributed by atoms with Crippen LogP contribution in [0.1, 0.15) is 111 Å². The van der Waals surface area contributed by atoms with Crippen LogP contribution in [0, 0.1) is 29.6 Å². The van der Waals surface area contributed by atoms with Crippen molar-refractivity contribution in [3.63, 3.8) is 0 Å². The van der Waals surface area contributed by atoms with Crippen molar-refractivity contribution in [2.45, 2.75) is 191 Å². The van der Waals surface area contributed by atoms with E-state index < -0.39 is 158 Å². The summed E-state index contributed by atoms with van der Waals surface area (Å²) in [7, 11) is 7.32. The number of carboxylic acids is 1. The summed E-state index contributed by atoms with van der Waals surface area (Å²) in [6, 6.07) is 4.84. The fraction of sp³-hybridized carbons (Fsp3) is 0.717. The van der Waals surface area contributed by atoms with Gasteiger partial charge in [0.25, 0.3) is 11.7 Å². The molecule has 0 spiro atoms. The smallest absolute Gasteiger partial charge is 0.364 e. The van der Waals surface area contributed by atoms with Crippen LogP contribution in [-0.4, -0.2) is 233 Å². The van der Waals surface area contributed by atoms with Gasteiger partial charge in [-0.2, -0.15) is 0 Å². The maximum absolute atomic E-state index is 14.8. The maximum atomic E-state index is 14.8. The van der Waals surface area contributed by atoms with Crippen molar-refractivity contribution in [1.82, 2.24) is 35.6 Å². The van der Waals surface area contributed by atoms with Gasteiger partial charge in [-0.25, -0.2) is 9.78 Å². The van der Waals surface area contributed by atoms with Crippen LogP contribution in [0.3, 0.4) is 0 Å². The van der Waals surface area contributed by atoms with Gasteiger partial charge in [-0.3, -0.25) is 28.8 Å². The van der Waals surface area contributed by atoms with E-state index in [0.29, 0.717) is 32.2 Å². The molecule has 26 nitrogen and oxygen atoms in total. The molecule has 3 heterocycles. The molecule has 488 valence electrons. The molecule has 1 aromatic heterocycles. The number of ether oxygens (including phenoxy) is 5. The van der Waals surface area contributed by atoms with E-state index in [4.69, 9.17) is 28.5 Å². The first-order valence-corrected chi connectivity index (χ1v) is 30.7. The van der Waals surface area contributed by atoms with E-state index in [9.17, 15) is 59.1 Å². The number of aliphatic carboxylic acids is 1. The Morgan fingerprint density at radius 3 is 2.18 bits per heavy atom. The Morgan fingerprint density at radius 1 is 0.920 bits per heavy atom. The maximum Gasteiger partial charge on any atom is 0.364 e. The SMILES string of the molecule is CCC(C)C(C(CC(=O)N1CCCC1C(OC)C(C)C(=O)NC(Cc1ccccc1)c1nccs1)OC)N(C)C(=O)C(NC(=O)C(C(C)C)N(C)C(=O)CO/N=C/C1OC(OCC2CC(OC)C(O)C(O)C2O)(C(=O)O)CC(O)C1NC(C)=O)C(C)C. The third kappa shape index (κ3) is 18.2. The molecule has 2 aliphatic heterocycles. The number of hydrogen-bond acceptors (Lipinski definition) is 20. The number of oxime groups is 1. The number of aliphatic hydroxyl groups is 4. The van der Waals surface area contributed by atoms with Crippen molar-refractivity contribution in [3.8, 4) is 0 Å². The molecule has 18 atom stereocenters. The number of likely N-dealkylation sites (tertiary alicyclic amines) is 1. The number of benzene rings is 1. The molecule has 18 unspecified atom stereocenters. The van der Waals surface area contributed by atoms with Gasteiger partial charge in [0, 0.05) is 72.8 Å². The monoisotopic (exact) mass is 1250 g/mol. The first kappa shape index (κ1) is 72.0. The molecule has 3 fully saturated rings. The Balaban J connectivity index is 1.25. The van der Waals surface area contributed by atoms with E-state index in [1.54, 1.807) is 59.9 Å². The first-order valence-electron chi connectivity index (χ1n) is 29.8. The molecule has 1 aromatic carbocycles. The second-order valence-corrected chi connectivity index (χ2v) is 24.8. The highest BCUT2D eigenvalue weighted by Gasteiger charge is 2.55. The third-order valence-electron chi connectivity index (χ3n) is 17.2. The number of thiazole rings is 1. The lowest BCUT2D eigenvalue weighted by atomic mass is 9.81. The molecule has 1 aliphatic carbocycles. The fourth-order valence-electron chi connectivity index (χ4n) is 12.1. The minimum absolute atomic E-state index is 0.0359. The lowest BCUT2D eigenvalue weighted by Gasteiger charge is -2.45. The van der Waals surface area contributed by atoms with E-state index in [0.717, 1.165) is 28.6 Å². The Bertz CT molecular complexity index is 2580. The van der Waals surface area contributed by atoms with Gasteiger partial charge >= 0.3 is 5.97 Å². The second kappa shape index (κ2) is 33.2. The van der Waals surface area contributed by atoms with Crippen LogP contribution in [0.5, 0.6) is 0 Å². The van der Waals surface area contributed by atoms with Gasteiger partial charge in [0.05, 0.1) is 79.8 Å². The topological polar surface area (TPSA) is 347 Å². The third-order valence-corrected chi connectivity index (χ3v) is 18.1. The molecule has 1 saturated carbocycles. The highest BCUT2D eigenvalue weighted by Crippen LogP contribution is 2.36. The van der Waals surface area contributed by atoms with E-state index in [-0.39, 0.29) is 36.6 Å². The van der Waals surface area contributed by atoms with Gasteiger partial charge < -0.3 is 84.7 Å². The zero-order valence-corrected chi connectivity index (χ0v) is 53.2. The number of nitrogens with one attached hydrogen (secondary N) is 3. The molecule has 0 bridgehead atoms. The van der Waals surface area contributed by atoms with E-state index in [2.05, 4.69) is 26.1 Å². The van der Waals surface area contributed by atoms with Crippen LogP contribution in [0.4, 0.5) is 0 Å². The summed E-state index contributed by atoms with van der Waals surface area (Å²) >= 11 is 1.46. The zero-order chi connectivity index (χ0) is 64.6. The van der Waals surface area contributed by atoms with Crippen LogP contribution >= 0.6 is 11.3 Å². The molecule has 2 saturated heterocycles. The molecular weight excluding hydrogens is 1150 g/mol. The number of carbonyl (C=O) groups excluding carboxylic acids is 6. The fourth-order valence-corrected chi connectivity index (χ4v) is 12.8. The second-order valence-electron chi connectivity index (χ2n) is 23.9. The zero-order valence-electron chi connectivity index (χ0n) is 52.3. The number of carbonyl (C=O) groups is 7. The molecule has 5 rings (SSSR count). The van der Waals surface area contributed by atoms with Crippen LogP contribution in [0.2, 0.25) is 0 Å². The summed E-state index contributed by atoms with van der Waals surface area (Å²) in [5, 5.41) is 68.1. The normalized spacial score (nSPS) is 26.9. The quantitative estimate of drug-likeness (QED) is 0.0393. The number of aromatic nitrogens is 1. The largest absolute Gasteiger partial charge is 0.477 e. The summed E-state index contributed by atoms with van der Waals surface area (Å²) < 4.78 is 29.0. The van der Waals surface area contributed by atoms with Crippen LogP contribution in [0.15, 0.2) is 47.1 Å². The van der Waals surface area contributed by atoms with Crippen molar-refractivity contribution in [3.05, 3.63) is 52.5 Å². The highest BCUT2D eigenvalue weighted by molar-refractivity contribution is 7.09. The Morgan fingerprint density at radius 2 is 1.61 bits per heavy atom. The molecule has 6 amide bonds. The van der Waals surface area contributed by atoms with Gasteiger partial charge in [0.15, 0.2) is 6.61 Å². The average molecular weight is 1250 g/mol. The van der Waals surface area contributed by atoms with Gasteiger partial charge in [-0.15, -0.1) is 11.3 Å². The van der Waals surface area contributed by atoms with Crippen molar-refractivity contribution < 1.29 is 87.6 Å². The van der Waals surface area contributed by atoms with Gasteiger partial charge in [-0.1, -0.05) is 90.4 Å². The summed E-state index contributed by atoms with van der Waals surface area (Å²) in [4.78, 5) is 111. The number of methoxy groups -OCH3 is 3. The molecule has 27 heteroatoms. The minimum atomic E-state index is -2.59. The summed E-state index contributed by atoms with van der Waals surface area (Å²) in [6.45, 7) is 13.0. The van der Waals surface area contributed by atoms with Gasteiger partial charge in [0.2, 0.25) is 29.5 Å². The Hall–Kier alpha value is -5.75. The molecular formula is C60H94N8O18S. The molecule has 87 heavy (non-hydrogen) atoms. The molecule has 8 N–H and O–H groups in total. The van der Waals surface area contributed by atoms with Crippen molar-refractivity contribution in [2.75, 3.05) is 55.2 Å². The summed E-state index contributed by atoms with van der Waals surface area (Å²) in [5.41, 5.74) is 1.04. The average Bonchev–Trinajstić information content (AvgIpc) is 1.46. The van der Waals surface area contributed by atoms with E-state index in [1.807, 2.05) is 49.6 Å². The lowest BCUT2D eigenvalue weighted by Crippen LogP contribution is -2.65. The van der Waals surface area contributed by atoms with Crippen molar-refractivity contribution in [1.29, 1.82) is 0 Å². The molecule has 2 aromatic rings. The van der Waals surface area contributed by atoms with Gasteiger partial charge in [-0.05, 0) is 49.0 Å². The predicted octanol–water partition coefficient (Wildman–Crippen LogP) is 1.66. The molecule has 0 radical (unpaired) electrons. The number of hydrogen-bond donors (Lipinski definition) is 8. The number of nitrogens with zero attached hydrogens (tertiary/aromatic N) is 5. The van der Waals surface area contributed by atoms with Crippen LogP contribution in [-0.2, 0) is 68.5 Å². The van der Waals surface area contributed by atoms with Crippen molar-refractivity contribution >= 4 is 59.0 Å². The van der Waals surface area contributed by atoms with Crippen LogP contribution < -0.4 is 16.0 Å². The summed E-state index contributed by atoms with van der Waals surface area (Å²) in [5.74, 6) is -9.95. The molecule has 3 aliphatic rings. The van der Waals surface area contributed by atoms with Gasteiger partial charge in [0.1, 0.15) is 35.4 Å². The Kier molecular flexibility index (Phi) is 27.5. The highest BCUT2D eigenvalue weighted by atomic mass is 32.1. The van der Waals surface area contributed by atoms with Crippen LogP contribution in [0.25, 0.3) is 0 Å². The number of aliphatic hydroxyl groups excluding tert-OH is 4. The lowest BCUT2D eigenvalue weighted by molar-refractivity contribution is -0.292. The predicted molar refractivity (Wildman–Crippen MR) is 318 cm³/mol. The van der Waals surface area contributed by atoms with E-state index >= 15 is 0 Å². The van der Waals surface area contributed by atoms with Crippen molar-refractivity contribution in [2.24, 2.45) is 34.7 Å². The summed E-state index contributed by atoms with van der Waals surface area (Å²) in [6.07, 6.45) is -5.91. The first-order chi connectivity index (χ1) is 41.2. The standard InChI is InChI=1S/C60H94N8O18S/c1-14-34(6)50(42(81-11)27-45(71)68-23-18-21-40(68)54(83-13)35(7)55(76)64-39(57-61-22-24-87-57)25-37-19-16-15-17-20-37)67(10)58(78)47(32(2)3)65-56(77)49(33(4)5)66(9)46(72)31-85-62-29-44-48(63-36(8)69)41(70)28-60(86-44,59(79)80)84-30-38-26-43(82-12)52(74)53(75)51(38)73/h15-17,19-20,22,24,29,32-35,38-44,47-54,70,73-75H,14,18,21,23,25-28,30-31H2,1-13H3,(H,63,69)(H,64,76)(H,65,77)(H,79,80)/b62-29+. The number of rotatable bonds is 31.